The summed E-state index contributed by atoms with van der Waals surface area (Å²) in [4.78, 5) is 11.9. The minimum atomic E-state index is -0.429. The maximum absolute atomic E-state index is 11.9. The summed E-state index contributed by atoms with van der Waals surface area (Å²) >= 11 is 0. The molecule has 2 atom stereocenters. The van der Waals surface area contributed by atoms with E-state index in [0.29, 0.717) is 0 Å². The summed E-state index contributed by atoms with van der Waals surface area (Å²) in [6.07, 6.45) is 3.13. The second-order valence-corrected chi connectivity index (χ2v) is 6.73. The zero-order valence-corrected chi connectivity index (χ0v) is 11.4. The minimum absolute atomic E-state index is 0.102. The molecule has 17 heavy (non-hydrogen) atoms. The standard InChI is InChI=1S/C13H24N2O2/c1-11(2,3)17-10(16)15-13-7-5-6-12(13,4)8-14-9-13/h14H,5-9H2,1-4H3,(H,15,16)/t12-,13+/m1/s1. The molecule has 1 aliphatic carbocycles. The summed E-state index contributed by atoms with van der Waals surface area (Å²) in [6, 6.07) is 0. The van der Waals surface area contributed by atoms with Gasteiger partial charge in [0, 0.05) is 18.5 Å². The lowest BCUT2D eigenvalue weighted by Gasteiger charge is -2.38. The van der Waals surface area contributed by atoms with Gasteiger partial charge in [0.1, 0.15) is 5.60 Å². The molecule has 98 valence electrons. The van der Waals surface area contributed by atoms with Gasteiger partial charge in [0.15, 0.2) is 0 Å². The molecule has 2 rings (SSSR count). The molecule has 0 bridgehead atoms. The Hall–Kier alpha value is -0.770. The van der Waals surface area contributed by atoms with Crippen LogP contribution in [0.3, 0.4) is 0 Å². The minimum Gasteiger partial charge on any atom is -0.444 e. The van der Waals surface area contributed by atoms with Crippen LogP contribution in [0.15, 0.2) is 0 Å². The van der Waals surface area contributed by atoms with Crippen LogP contribution in [0.5, 0.6) is 0 Å². The van der Waals surface area contributed by atoms with Crippen molar-refractivity contribution in [2.24, 2.45) is 5.41 Å². The third-order valence-electron chi connectivity index (χ3n) is 4.17. The van der Waals surface area contributed by atoms with Crippen molar-refractivity contribution >= 4 is 6.09 Å². The predicted molar refractivity (Wildman–Crippen MR) is 66.9 cm³/mol. The van der Waals surface area contributed by atoms with Gasteiger partial charge >= 0.3 is 6.09 Å². The van der Waals surface area contributed by atoms with Crippen LogP contribution < -0.4 is 10.6 Å². The molecule has 0 spiro atoms. The highest BCUT2D eigenvalue weighted by atomic mass is 16.6. The number of nitrogens with one attached hydrogen (secondary N) is 2. The van der Waals surface area contributed by atoms with E-state index in [1.165, 1.54) is 12.8 Å². The number of fused-ring (bicyclic) bond motifs is 1. The van der Waals surface area contributed by atoms with Crippen molar-refractivity contribution in [1.82, 2.24) is 10.6 Å². The smallest absolute Gasteiger partial charge is 0.408 e. The van der Waals surface area contributed by atoms with Crippen LogP contribution >= 0.6 is 0 Å². The topological polar surface area (TPSA) is 50.4 Å². The van der Waals surface area contributed by atoms with Crippen molar-refractivity contribution in [3.8, 4) is 0 Å². The summed E-state index contributed by atoms with van der Waals surface area (Å²) in [5.41, 5.74) is -0.346. The van der Waals surface area contributed by atoms with E-state index in [4.69, 9.17) is 4.74 Å². The lowest BCUT2D eigenvalue weighted by molar-refractivity contribution is 0.0406. The van der Waals surface area contributed by atoms with Gasteiger partial charge in [-0.2, -0.15) is 0 Å². The van der Waals surface area contributed by atoms with Gasteiger partial charge in [0.05, 0.1) is 5.54 Å². The number of carbonyl (C=O) groups is 1. The Labute approximate surface area is 103 Å². The molecule has 0 unspecified atom stereocenters. The van der Waals surface area contributed by atoms with Crippen LogP contribution in [0.25, 0.3) is 0 Å². The first kappa shape index (κ1) is 12.7. The van der Waals surface area contributed by atoms with Crippen LogP contribution in [0, 0.1) is 5.41 Å². The van der Waals surface area contributed by atoms with E-state index in [0.717, 1.165) is 19.5 Å². The molecule has 4 heteroatoms. The summed E-state index contributed by atoms with van der Waals surface area (Å²) in [5, 5.41) is 6.53. The first-order valence-corrected chi connectivity index (χ1v) is 6.48. The molecule has 0 radical (unpaired) electrons. The monoisotopic (exact) mass is 240 g/mol. The molecule has 0 aromatic rings. The largest absolute Gasteiger partial charge is 0.444 e. The molecule has 1 aliphatic heterocycles. The summed E-state index contributed by atoms with van der Waals surface area (Å²) < 4.78 is 5.37. The van der Waals surface area contributed by atoms with E-state index in [2.05, 4.69) is 17.6 Å². The number of ether oxygens (including phenoxy) is 1. The highest BCUT2D eigenvalue weighted by molar-refractivity contribution is 5.69. The zero-order valence-electron chi connectivity index (χ0n) is 11.4. The van der Waals surface area contributed by atoms with Crippen LogP contribution in [-0.4, -0.2) is 30.3 Å². The fourth-order valence-corrected chi connectivity index (χ4v) is 3.19. The number of amides is 1. The number of hydrogen-bond donors (Lipinski definition) is 2. The lowest BCUT2D eigenvalue weighted by atomic mass is 9.76. The molecular formula is C13H24N2O2. The van der Waals surface area contributed by atoms with Gasteiger partial charge in [-0.3, -0.25) is 0 Å². The molecule has 1 heterocycles. The van der Waals surface area contributed by atoms with Crippen molar-refractivity contribution in [2.75, 3.05) is 13.1 Å². The molecule has 1 saturated carbocycles. The normalized spacial score (nSPS) is 36.7. The average Bonchev–Trinajstić information content (AvgIpc) is 2.53. The van der Waals surface area contributed by atoms with Crippen LogP contribution in [-0.2, 0) is 4.74 Å². The highest BCUT2D eigenvalue weighted by Gasteiger charge is 2.56. The summed E-state index contributed by atoms with van der Waals surface area (Å²) in [7, 11) is 0. The van der Waals surface area contributed by atoms with E-state index in [1.54, 1.807) is 0 Å². The molecule has 1 amide bonds. The average molecular weight is 240 g/mol. The summed E-state index contributed by atoms with van der Waals surface area (Å²) in [5.74, 6) is 0. The van der Waals surface area contributed by atoms with Crippen LogP contribution in [0.1, 0.15) is 47.0 Å². The molecule has 2 N–H and O–H groups in total. The quantitative estimate of drug-likeness (QED) is 0.737. The maximum Gasteiger partial charge on any atom is 0.408 e. The van der Waals surface area contributed by atoms with Gasteiger partial charge < -0.3 is 15.4 Å². The molecule has 0 aromatic heterocycles. The van der Waals surface area contributed by atoms with Crippen molar-refractivity contribution < 1.29 is 9.53 Å². The Kier molecular flexibility index (Phi) is 2.89. The summed E-state index contributed by atoms with van der Waals surface area (Å²) in [6.45, 7) is 9.80. The Morgan fingerprint density at radius 2 is 2.00 bits per heavy atom. The first-order chi connectivity index (χ1) is 7.77. The van der Waals surface area contributed by atoms with E-state index >= 15 is 0 Å². The lowest BCUT2D eigenvalue weighted by Crippen LogP contribution is -2.56. The third-order valence-corrected chi connectivity index (χ3v) is 4.17. The van der Waals surface area contributed by atoms with Gasteiger partial charge in [-0.1, -0.05) is 13.3 Å². The second kappa shape index (κ2) is 3.87. The SMILES string of the molecule is CC(C)(C)OC(=O)N[C@]12CCC[C@]1(C)CNC2. The number of carbonyl (C=O) groups excluding carboxylic acids is 1. The molecule has 2 fully saturated rings. The number of rotatable bonds is 1. The van der Waals surface area contributed by atoms with Crippen molar-refractivity contribution in [3.63, 3.8) is 0 Å². The first-order valence-electron chi connectivity index (χ1n) is 6.48. The van der Waals surface area contributed by atoms with Crippen molar-refractivity contribution in [2.45, 2.75) is 58.1 Å². The van der Waals surface area contributed by atoms with Gasteiger partial charge in [-0.25, -0.2) is 4.79 Å². The fraction of sp³-hybridized carbons (Fsp3) is 0.923. The van der Waals surface area contributed by atoms with E-state index in [-0.39, 0.29) is 17.0 Å². The Morgan fingerprint density at radius 1 is 1.29 bits per heavy atom. The molecule has 0 aromatic carbocycles. The third kappa shape index (κ3) is 2.28. The highest BCUT2D eigenvalue weighted by Crippen LogP contribution is 2.48. The van der Waals surface area contributed by atoms with E-state index in [1.807, 2.05) is 20.8 Å². The van der Waals surface area contributed by atoms with Crippen molar-refractivity contribution in [1.29, 1.82) is 0 Å². The van der Waals surface area contributed by atoms with Gasteiger partial charge in [-0.05, 0) is 33.6 Å². The van der Waals surface area contributed by atoms with Gasteiger partial charge in [-0.15, -0.1) is 0 Å². The fourth-order valence-electron chi connectivity index (χ4n) is 3.19. The molecule has 1 saturated heterocycles. The number of alkyl carbamates (subject to hydrolysis) is 1. The molecular weight excluding hydrogens is 216 g/mol. The zero-order chi connectivity index (χ0) is 12.7. The van der Waals surface area contributed by atoms with E-state index in [9.17, 15) is 4.79 Å². The Balaban J connectivity index is 2.05. The van der Waals surface area contributed by atoms with Gasteiger partial charge in [0.25, 0.3) is 0 Å². The maximum atomic E-state index is 11.9. The Morgan fingerprint density at radius 3 is 2.65 bits per heavy atom. The Bertz CT molecular complexity index is 310. The number of hydrogen-bond acceptors (Lipinski definition) is 3. The van der Waals surface area contributed by atoms with Crippen molar-refractivity contribution in [3.05, 3.63) is 0 Å². The van der Waals surface area contributed by atoms with E-state index < -0.39 is 5.60 Å². The molecule has 2 aliphatic rings. The van der Waals surface area contributed by atoms with Crippen LogP contribution in [0.4, 0.5) is 4.79 Å². The predicted octanol–water partition coefficient (Wildman–Crippen LogP) is 2.04. The molecule has 4 nitrogen and oxygen atoms in total. The second-order valence-electron chi connectivity index (χ2n) is 6.73. The van der Waals surface area contributed by atoms with Gasteiger partial charge in [0.2, 0.25) is 0 Å². The van der Waals surface area contributed by atoms with Crippen LogP contribution in [0.2, 0.25) is 0 Å².